The number of amides is 1. The van der Waals surface area contributed by atoms with Crippen LogP contribution in [-0.2, 0) is 16.4 Å². The van der Waals surface area contributed by atoms with Crippen LogP contribution in [0.15, 0.2) is 35.2 Å². The van der Waals surface area contributed by atoms with Gasteiger partial charge >= 0.3 is 0 Å². The van der Waals surface area contributed by atoms with Crippen molar-refractivity contribution >= 4 is 15.9 Å². The molecule has 3 rings (SSSR count). The van der Waals surface area contributed by atoms with Gasteiger partial charge < -0.3 is 4.90 Å². The molecule has 2 heterocycles. The van der Waals surface area contributed by atoms with Gasteiger partial charge in [0.1, 0.15) is 11.5 Å². The summed E-state index contributed by atoms with van der Waals surface area (Å²) in [5.41, 5.74) is 1.33. The van der Waals surface area contributed by atoms with Crippen LogP contribution in [0.5, 0.6) is 0 Å². The van der Waals surface area contributed by atoms with Crippen molar-refractivity contribution in [1.29, 1.82) is 0 Å². The number of aromatic nitrogens is 2. The van der Waals surface area contributed by atoms with E-state index in [9.17, 15) is 17.6 Å². The second-order valence-corrected chi connectivity index (χ2v) is 8.38. The average molecular weight is 394 g/mol. The maximum atomic E-state index is 13.0. The second-order valence-electron chi connectivity index (χ2n) is 6.67. The molecule has 0 unspecified atom stereocenters. The van der Waals surface area contributed by atoms with Crippen LogP contribution in [0.4, 0.5) is 4.39 Å². The minimum absolute atomic E-state index is 0.0300. The third-order valence-corrected chi connectivity index (χ3v) is 6.13. The molecule has 1 aliphatic heterocycles. The molecule has 0 bridgehead atoms. The number of piperidine rings is 1. The van der Waals surface area contributed by atoms with E-state index < -0.39 is 15.8 Å². The maximum absolute atomic E-state index is 13.0. The van der Waals surface area contributed by atoms with Crippen LogP contribution in [0, 0.1) is 5.82 Å². The number of sulfonamides is 1. The molecule has 2 aromatic rings. The third kappa shape index (κ3) is 4.72. The Morgan fingerprint density at radius 1 is 1.30 bits per heavy atom. The Hall–Kier alpha value is -2.26. The van der Waals surface area contributed by atoms with Crippen LogP contribution in [0.2, 0.25) is 0 Å². The van der Waals surface area contributed by atoms with Crippen molar-refractivity contribution in [2.24, 2.45) is 0 Å². The number of hydrogen-bond acceptors (Lipinski definition) is 4. The predicted octanol–water partition coefficient (Wildman–Crippen LogP) is 2.08. The van der Waals surface area contributed by atoms with E-state index in [1.165, 1.54) is 12.1 Å². The molecule has 9 heteroatoms. The number of likely N-dealkylation sites (tertiary alicyclic amines) is 1. The molecule has 1 amide bonds. The molecule has 0 radical (unpaired) electrons. The molecule has 0 spiro atoms. The van der Waals surface area contributed by atoms with Gasteiger partial charge in [-0.3, -0.25) is 9.89 Å². The Balaban J connectivity index is 1.56. The van der Waals surface area contributed by atoms with Crippen LogP contribution in [0.25, 0.3) is 0 Å². The van der Waals surface area contributed by atoms with E-state index in [0.717, 1.165) is 30.7 Å². The fraction of sp³-hybridized carbons (Fsp3) is 0.444. The van der Waals surface area contributed by atoms with Crippen LogP contribution >= 0.6 is 0 Å². The molecule has 1 aliphatic rings. The molecule has 2 N–H and O–H groups in total. The summed E-state index contributed by atoms with van der Waals surface area (Å²) in [7, 11) is -3.71. The Bertz CT molecular complexity index is 888. The van der Waals surface area contributed by atoms with Gasteiger partial charge in [0.25, 0.3) is 5.91 Å². The van der Waals surface area contributed by atoms with E-state index in [1.807, 2.05) is 0 Å². The normalized spacial score (nSPS) is 15.9. The molecule has 0 atom stereocenters. The molecular weight excluding hydrogens is 371 g/mol. The molecule has 0 saturated carbocycles. The number of nitrogens with one attached hydrogen (secondary N) is 2. The number of carbonyl (C=O) groups excluding carboxylic acids is 1. The summed E-state index contributed by atoms with van der Waals surface area (Å²) in [6.45, 7) is 2.96. The van der Waals surface area contributed by atoms with Crippen molar-refractivity contribution < 1.29 is 17.6 Å². The standard InChI is InChI=1S/C18H23FN4O3S/c1-2-3-15-12-17(21-20-15)18(24)23-10-8-14(9-11-23)22-27(25,26)16-6-4-13(19)5-7-16/h4-7,12,14,22H,2-3,8-11H2,1H3,(H,20,21). The molecule has 1 aromatic carbocycles. The first-order valence-corrected chi connectivity index (χ1v) is 10.5. The van der Waals surface area contributed by atoms with Gasteiger partial charge in [0.2, 0.25) is 10.0 Å². The zero-order valence-electron chi connectivity index (χ0n) is 15.1. The highest BCUT2D eigenvalue weighted by Gasteiger charge is 2.28. The number of nitrogens with zero attached hydrogens (tertiary/aromatic N) is 2. The summed E-state index contributed by atoms with van der Waals surface area (Å²) in [6, 6.07) is 6.22. The number of carbonyl (C=O) groups is 1. The molecule has 146 valence electrons. The largest absolute Gasteiger partial charge is 0.337 e. The molecule has 7 nitrogen and oxygen atoms in total. The summed E-state index contributed by atoms with van der Waals surface area (Å²) in [4.78, 5) is 14.3. The van der Waals surface area contributed by atoms with Gasteiger partial charge in [-0.05, 0) is 49.6 Å². The maximum Gasteiger partial charge on any atom is 0.274 e. The summed E-state index contributed by atoms with van der Waals surface area (Å²) >= 11 is 0. The first kappa shape index (κ1) is 19.5. The topological polar surface area (TPSA) is 95.2 Å². The van der Waals surface area contributed by atoms with Gasteiger partial charge in [0.15, 0.2) is 0 Å². The van der Waals surface area contributed by atoms with Crippen molar-refractivity contribution in [2.45, 2.75) is 43.5 Å². The number of aryl methyl sites for hydroxylation is 1. The quantitative estimate of drug-likeness (QED) is 0.784. The zero-order chi connectivity index (χ0) is 19.4. The van der Waals surface area contributed by atoms with Crippen LogP contribution in [0.1, 0.15) is 42.4 Å². The van der Waals surface area contributed by atoms with Crippen molar-refractivity contribution in [3.63, 3.8) is 0 Å². The number of halogens is 1. The average Bonchev–Trinajstić information content (AvgIpc) is 3.11. The van der Waals surface area contributed by atoms with E-state index in [-0.39, 0.29) is 16.8 Å². The van der Waals surface area contributed by atoms with E-state index >= 15 is 0 Å². The van der Waals surface area contributed by atoms with Crippen LogP contribution in [-0.4, -0.2) is 48.6 Å². The lowest BCUT2D eigenvalue weighted by Crippen LogP contribution is -2.46. The zero-order valence-corrected chi connectivity index (χ0v) is 15.9. The van der Waals surface area contributed by atoms with E-state index in [2.05, 4.69) is 21.8 Å². The number of hydrogen-bond donors (Lipinski definition) is 2. The minimum Gasteiger partial charge on any atom is -0.337 e. The van der Waals surface area contributed by atoms with E-state index in [0.29, 0.717) is 31.6 Å². The molecule has 1 fully saturated rings. The number of rotatable bonds is 6. The second kappa shape index (κ2) is 8.18. The van der Waals surface area contributed by atoms with Crippen LogP contribution < -0.4 is 4.72 Å². The summed E-state index contributed by atoms with van der Waals surface area (Å²) < 4.78 is 40.4. The van der Waals surface area contributed by atoms with Gasteiger partial charge in [-0.25, -0.2) is 17.5 Å². The lowest BCUT2D eigenvalue weighted by Gasteiger charge is -2.31. The molecule has 1 saturated heterocycles. The number of H-pyrrole nitrogens is 1. The van der Waals surface area contributed by atoms with Gasteiger partial charge in [-0.2, -0.15) is 5.10 Å². The lowest BCUT2D eigenvalue weighted by atomic mass is 10.1. The summed E-state index contributed by atoms with van der Waals surface area (Å²) in [6.07, 6.45) is 2.83. The number of benzene rings is 1. The Labute approximate surface area is 158 Å². The predicted molar refractivity (Wildman–Crippen MR) is 98.2 cm³/mol. The molecular formula is C18H23FN4O3S. The highest BCUT2D eigenvalue weighted by atomic mass is 32.2. The molecule has 1 aromatic heterocycles. The first-order chi connectivity index (χ1) is 12.9. The van der Waals surface area contributed by atoms with Gasteiger partial charge in [0, 0.05) is 24.8 Å². The Morgan fingerprint density at radius 3 is 2.59 bits per heavy atom. The molecule has 0 aliphatic carbocycles. The monoisotopic (exact) mass is 394 g/mol. The van der Waals surface area contributed by atoms with Crippen molar-refractivity contribution in [2.75, 3.05) is 13.1 Å². The highest BCUT2D eigenvalue weighted by molar-refractivity contribution is 7.89. The van der Waals surface area contributed by atoms with Gasteiger partial charge in [0.05, 0.1) is 4.90 Å². The number of aromatic amines is 1. The summed E-state index contributed by atoms with van der Waals surface area (Å²) in [5, 5.41) is 6.95. The van der Waals surface area contributed by atoms with E-state index in [1.54, 1.807) is 11.0 Å². The summed E-state index contributed by atoms with van der Waals surface area (Å²) in [5.74, 6) is -0.630. The molecule has 27 heavy (non-hydrogen) atoms. The third-order valence-electron chi connectivity index (χ3n) is 4.60. The van der Waals surface area contributed by atoms with E-state index in [4.69, 9.17) is 0 Å². The van der Waals surface area contributed by atoms with Gasteiger partial charge in [-0.15, -0.1) is 0 Å². The lowest BCUT2D eigenvalue weighted by molar-refractivity contribution is 0.0705. The SMILES string of the molecule is CCCc1cc(C(=O)N2CCC(NS(=O)(=O)c3ccc(F)cc3)CC2)n[nH]1. The van der Waals surface area contributed by atoms with Crippen molar-refractivity contribution in [3.05, 3.63) is 47.5 Å². The van der Waals surface area contributed by atoms with Gasteiger partial charge in [-0.1, -0.05) is 13.3 Å². The highest BCUT2D eigenvalue weighted by Crippen LogP contribution is 2.17. The van der Waals surface area contributed by atoms with Crippen molar-refractivity contribution in [3.8, 4) is 0 Å². The first-order valence-electron chi connectivity index (χ1n) is 9.00. The minimum atomic E-state index is -3.71. The fourth-order valence-electron chi connectivity index (χ4n) is 3.13. The van der Waals surface area contributed by atoms with Crippen molar-refractivity contribution in [1.82, 2.24) is 19.8 Å². The Kier molecular flexibility index (Phi) is 5.91. The Morgan fingerprint density at radius 2 is 1.96 bits per heavy atom. The fourth-order valence-corrected chi connectivity index (χ4v) is 4.44. The van der Waals surface area contributed by atoms with Crippen LogP contribution in [0.3, 0.4) is 0 Å². The smallest absolute Gasteiger partial charge is 0.274 e.